The fraction of sp³-hybridized carbons (Fsp3) is 0.455. The molecule has 0 aromatic heterocycles. The SMILES string of the molecule is O=S1(=O)CCC(Nc2ccc(Br)cc2)CC1. The van der Waals surface area contributed by atoms with E-state index < -0.39 is 9.84 Å². The molecule has 1 aromatic carbocycles. The second-order valence-corrected chi connectivity index (χ2v) is 7.30. The van der Waals surface area contributed by atoms with Gasteiger partial charge in [0.1, 0.15) is 9.84 Å². The average Bonchev–Trinajstić information content (AvgIpc) is 2.24. The Morgan fingerprint density at radius 2 is 1.69 bits per heavy atom. The minimum absolute atomic E-state index is 0.282. The van der Waals surface area contributed by atoms with Crippen LogP contribution in [0, 0.1) is 0 Å². The summed E-state index contributed by atoms with van der Waals surface area (Å²) in [4.78, 5) is 0. The van der Waals surface area contributed by atoms with Crippen molar-refractivity contribution in [2.24, 2.45) is 0 Å². The molecule has 0 amide bonds. The molecule has 1 saturated heterocycles. The summed E-state index contributed by atoms with van der Waals surface area (Å²) in [7, 11) is -2.76. The number of nitrogens with one attached hydrogen (secondary N) is 1. The maximum Gasteiger partial charge on any atom is 0.150 e. The van der Waals surface area contributed by atoms with Crippen molar-refractivity contribution in [2.75, 3.05) is 16.8 Å². The minimum Gasteiger partial charge on any atom is -0.382 e. The highest BCUT2D eigenvalue weighted by Crippen LogP contribution is 2.19. The molecule has 0 spiro atoms. The van der Waals surface area contributed by atoms with E-state index in [2.05, 4.69) is 21.2 Å². The molecule has 1 fully saturated rings. The number of halogens is 1. The molecule has 0 radical (unpaired) electrons. The Morgan fingerprint density at radius 1 is 1.12 bits per heavy atom. The number of anilines is 1. The van der Waals surface area contributed by atoms with E-state index >= 15 is 0 Å². The highest BCUT2D eigenvalue weighted by atomic mass is 79.9. The van der Waals surface area contributed by atoms with Crippen molar-refractivity contribution >= 4 is 31.5 Å². The number of rotatable bonds is 2. The van der Waals surface area contributed by atoms with Crippen LogP contribution in [0.5, 0.6) is 0 Å². The summed E-state index contributed by atoms with van der Waals surface area (Å²) in [6.07, 6.45) is 1.41. The van der Waals surface area contributed by atoms with Gasteiger partial charge in [0.05, 0.1) is 11.5 Å². The van der Waals surface area contributed by atoms with Crippen LogP contribution >= 0.6 is 15.9 Å². The average molecular weight is 304 g/mol. The van der Waals surface area contributed by atoms with Gasteiger partial charge < -0.3 is 5.32 Å². The van der Waals surface area contributed by atoms with Gasteiger partial charge in [-0.25, -0.2) is 8.42 Å². The Labute approximate surface area is 104 Å². The van der Waals surface area contributed by atoms with Gasteiger partial charge in [-0.3, -0.25) is 0 Å². The number of benzene rings is 1. The van der Waals surface area contributed by atoms with Crippen LogP contribution in [0.1, 0.15) is 12.8 Å². The van der Waals surface area contributed by atoms with E-state index in [1.807, 2.05) is 24.3 Å². The highest BCUT2D eigenvalue weighted by Gasteiger charge is 2.23. The van der Waals surface area contributed by atoms with Crippen molar-refractivity contribution in [3.63, 3.8) is 0 Å². The third-order valence-electron chi connectivity index (χ3n) is 2.77. The Balaban J connectivity index is 1.94. The molecule has 1 aromatic rings. The van der Waals surface area contributed by atoms with Gasteiger partial charge in [-0.05, 0) is 37.1 Å². The first-order chi connectivity index (χ1) is 7.55. The predicted octanol–water partition coefficient (Wildman–Crippen LogP) is 2.44. The predicted molar refractivity (Wildman–Crippen MR) is 69.4 cm³/mol. The normalized spacial score (nSPS) is 20.6. The van der Waals surface area contributed by atoms with E-state index in [0.29, 0.717) is 24.3 Å². The molecule has 0 saturated carbocycles. The zero-order valence-electron chi connectivity index (χ0n) is 8.82. The lowest BCUT2D eigenvalue weighted by Gasteiger charge is -2.24. The molecule has 16 heavy (non-hydrogen) atoms. The molecule has 88 valence electrons. The van der Waals surface area contributed by atoms with E-state index in [9.17, 15) is 8.42 Å². The first-order valence-corrected chi connectivity index (χ1v) is 7.89. The van der Waals surface area contributed by atoms with E-state index in [1.165, 1.54) is 0 Å². The third kappa shape index (κ3) is 3.22. The summed E-state index contributed by atoms with van der Waals surface area (Å²) < 4.78 is 23.6. The molecule has 0 unspecified atom stereocenters. The van der Waals surface area contributed by atoms with Crippen molar-refractivity contribution in [3.05, 3.63) is 28.7 Å². The van der Waals surface area contributed by atoms with E-state index in [-0.39, 0.29) is 6.04 Å². The van der Waals surface area contributed by atoms with Gasteiger partial charge in [0.15, 0.2) is 0 Å². The Kier molecular flexibility index (Phi) is 3.54. The second kappa shape index (κ2) is 4.75. The molecule has 0 bridgehead atoms. The standard InChI is InChI=1S/C11H14BrNO2S/c12-9-1-3-10(4-2-9)13-11-5-7-16(14,15)8-6-11/h1-4,11,13H,5-8H2. The van der Waals surface area contributed by atoms with Crippen LogP contribution in [-0.2, 0) is 9.84 Å². The van der Waals surface area contributed by atoms with Crippen LogP contribution in [0.15, 0.2) is 28.7 Å². The quantitative estimate of drug-likeness (QED) is 0.913. The monoisotopic (exact) mass is 303 g/mol. The summed E-state index contributed by atoms with van der Waals surface area (Å²) in [5.41, 5.74) is 1.05. The molecular formula is C11H14BrNO2S. The van der Waals surface area contributed by atoms with Crippen molar-refractivity contribution < 1.29 is 8.42 Å². The second-order valence-electron chi connectivity index (χ2n) is 4.08. The van der Waals surface area contributed by atoms with Crippen LogP contribution < -0.4 is 5.32 Å². The first kappa shape index (κ1) is 11.9. The molecule has 5 heteroatoms. The largest absolute Gasteiger partial charge is 0.382 e. The Hall–Kier alpha value is -0.550. The van der Waals surface area contributed by atoms with Gasteiger partial charge in [0.2, 0.25) is 0 Å². The molecule has 3 nitrogen and oxygen atoms in total. The van der Waals surface area contributed by atoms with Crippen molar-refractivity contribution in [1.29, 1.82) is 0 Å². The lowest BCUT2D eigenvalue weighted by molar-refractivity contribution is 0.559. The molecule has 1 aliphatic heterocycles. The summed E-state index contributed by atoms with van der Waals surface area (Å²) in [5, 5.41) is 3.36. The molecule has 2 rings (SSSR count). The van der Waals surface area contributed by atoms with Crippen LogP contribution in [0.25, 0.3) is 0 Å². The van der Waals surface area contributed by atoms with Gasteiger partial charge in [-0.1, -0.05) is 15.9 Å². The van der Waals surface area contributed by atoms with Gasteiger partial charge in [-0.2, -0.15) is 0 Å². The van der Waals surface area contributed by atoms with Gasteiger partial charge in [0.25, 0.3) is 0 Å². The van der Waals surface area contributed by atoms with Gasteiger partial charge in [0, 0.05) is 16.2 Å². The fourth-order valence-electron chi connectivity index (χ4n) is 1.82. The van der Waals surface area contributed by atoms with Crippen LogP contribution in [0.4, 0.5) is 5.69 Å². The molecule has 0 atom stereocenters. The maximum atomic E-state index is 11.3. The lowest BCUT2D eigenvalue weighted by Crippen LogP contribution is -2.32. The van der Waals surface area contributed by atoms with Crippen LogP contribution in [-0.4, -0.2) is 26.0 Å². The van der Waals surface area contributed by atoms with Gasteiger partial charge >= 0.3 is 0 Å². The Morgan fingerprint density at radius 3 is 2.25 bits per heavy atom. The summed E-state index contributed by atoms with van der Waals surface area (Å²) in [6.45, 7) is 0. The van der Waals surface area contributed by atoms with Crippen molar-refractivity contribution in [3.8, 4) is 0 Å². The number of sulfone groups is 1. The van der Waals surface area contributed by atoms with Crippen molar-refractivity contribution in [2.45, 2.75) is 18.9 Å². The zero-order valence-corrected chi connectivity index (χ0v) is 11.2. The smallest absolute Gasteiger partial charge is 0.150 e. The van der Waals surface area contributed by atoms with Gasteiger partial charge in [-0.15, -0.1) is 0 Å². The molecule has 1 heterocycles. The molecular weight excluding hydrogens is 290 g/mol. The minimum atomic E-state index is -2.76. The Bertz CT molecular complexity index is 441. The number of hydrogen-bond acceptors (Lipinski definition) is 3. The van der Waals surface area contributed by atoms with E-state index in [0.717, 1.165) is 10.2 Å². The van der Waals surface area contributed by atoms with E-state index in [1.54, 1.807) is 0 Å². The molecule has 0 aliphatic carbocycles. The molecule has 1 N–H and O–H groups in total. The lowest BCUT2D eigenvalue weighted by atomic mass is 10.1. The number of hydrogen-bond donors (Lipinski definition) is 1. The maximum absolute atomic E-state index is 11.3. The van der Waals surface area contributed by atoms with Crippen LogP contribution in [0.2, 0.25) is 0 Å². The van der Waals surface area contributed by atoms with Crippen LogP contribution in [0.3, 0.4) is 0 Å². The first-order valence-electron chi connectivity index (χ1n) is 5.28. The van der Waals surface area contributed by atoms with E-state index in [4.69, 9.17) is 0 Å². The third-order valence-corrected chi connectivity index (χ3v) is 5.01. The summed E-state index contributed by atoms with van der Waals surface area (Å²) in [6, 6.07) is 8.22. The summed E-state index contributed by atoms with van der Waals surface area (Å²) >= 11 is 3.38. The zero-order chi connectivity index (χ0) is 11.6. The van der Waals surface area contributed by atoms with Crippen molar-refractivity contribution in [1.82, 2.24) is 0 Å². The summed E-state index contributed by atoms with van der Waals surface area (Å²) in [5.74, 6) is 0.613. The highest BCUT2D eigenvalue weighted by molar-refractivity contribution is 9.10. The topological polar surface area (TPSA) is 46.2 Å². The molecule has 1 aliphatic rings. The fourth-order valence-corrected chi connectivity index (χ4v) is 3.57.